The molecular weight excluding hydrogens is 380 g/mol. The molecule has 2 heterocycles. The quantitative estimate of drug-likeness (QED) is 0.250. The highest BCUT2D eigenvalue weighted by molar-refractivity contribution is 6.35. The Morgan fingerprint density at radius 2 is 2.07 bits per heavy atom. The number of benzene rings is 1. The Hall–Kier alpha value is -3.04. The van der Waals surface area contributed by atoms with Gasteiger partial charge in [0.2, 0.25) is 5.96 Å². The molecule has 0 aliphatic heterocycles. The largest absolute Gasteiger partial charge is 0.458 e. The summed E-state index contributed by atoms with van der Waals surface area (Å²) in [6.45, 7) is 3.15. The van der Waals surface area contributed by atoms with Crippen molar-refractivity contribution in [2.45, 2.75) is 20.0 Å². The molecule has 3 aromatic rings. The lowest BCUT2D eigenvalue weighted by molar-refractivity contribution is 0.273. The molecule has 148 valence electrons. The van der Waals surface area contributed by atoms with Crippen LogP contribution in [0.2, 0.25) is 5.02 Å². The number of nitrogens with two attached hydrogens (primary N) is 2. The van der Waals surface area contributed by atoms with Crippen LogP contribution in [0.1, 0.15) is 19.0 Å². The third kappa shape index (κ3) is 4.10. The number of rotatable bonds is 6. The van der Waals surface area contributed by atoms with Gasteiger partial charge in [0.15, 0.2) is 0 Å². The summed E-state index contributed by atoms with van der Waals surface area (Å²) in [5.74, 6) is 12.5. The third-order valence-corrected chi connectivity index (χ3v) is 4.25. The second-order valence-corrected chi connectivity index (χ2v) is 6.51. The Labute approximate surface area is 167 Å². The van der Waals surface area contributed by atoms with Crippen LogP contribution in [0.4, 0.5) is 5.82 Å². The van der Waals surface area contributed by atoms with E-state index in [1.54, 1.807) is 17.7 Å². The number of halogens is 1. The molecular formula is C18H23ClN8O. The first-order chi connectivity index (χ1) is 13.5. The Balaban J connectivity index is 1.94. The van der Waals surface area contributed by atoms with E-state index in [1.165, 1.54) is 5.01 Å². The molecule has 5 N–H and O–H groups in total. The number of hydrazine groups is 1. The van der Waals surface area contributed by atoms with Gasteiger partial charge in [0, 0.05) is 13.6 Å². The molecule has 0 saturated carbocycles. The predicted molar refractivity (Wildman–Crippen MR) is 111 cm³/mol. The summed E-state index contributed by atoms with van der Waals surface area (Å²) in [6.07, 6.45) is 1.01. The predicted octanol–water partition coefficient (Wildman–Crippen LogP) is 2.37. The third-order valence-electron chi connectivity index (χ3n) is 3.95. The number of ether oxygens (including phenoxy) is 1. The molecule has 0 fully saturated rings. The molecule has 0 unspecified atom stereocenters. The Morgan fingerprint density at radius 3 is 2.79 bits per heavy atom. The summed E-state index contributed by atoms with van der Waals surface area (Å²) in [5, 5.41) is 8.78. The van der Waals surface area contributed by atoms with Crippen molar-refractivity contribution in [2.75, 3.05) is 18.9 Å². The second-order valence-electron chi connectivity index (χ2n) is 6.11. The highest BCUT2D eigenvalue weighted by Crippen LogP contribution is 2.28. The van der Waals surface area contributed by atoms with Crippen molar-refractivity contribution in [2.24, 2.45) is 16.8 Å². The van der Waals surface area contributed by atoms with E-state index in [9.17, 15) is 0 Å². The van der Waals surface area contributed by atoms with E-state index >= 15 is 0 Å². The number of anilines is 1. The fourth-order valence-electron chi connectivity index (χ4n) is 2.69. The Bertz CT molecular complexity index is 985. The minimum Gasteiger partial charge on any atom is -0.458 e. The van der Waals surface area contributed by atoms with Crippen molar-refractivity contribution in [3.8, 4) is 6.01 Å². The van der Waals surface area contributed by atoms with Crippen LogP contribution in [0.5, 0.6) is 6.01 Å². The molecule has 2 aromatic heterocycles. The van der Waals surface area contributed by atoms with Gasteiger partial charge in [-0.1, -0.05) is 30.7 Å². The normalized spacial score (nSPS) is 11.6. The molecule has 0 atom stereocenters. The number of hydrazone groups is 1. The van der Waals surface area contributed by atoms with Crippen molar-refractivity contribution < 1.29 is 4.74 Å². The number of nitrogens with one attached hydrogen (secondary N) is 1. The zero-order valence-electron chi connectivity index (χ0n) is 15.8. The number of aromatic nitrogens is 3. The number of pyridine rings is 1. The van der Waals surface area contributed by atoms with Crippen molar-refractivity contribution in [3.05, 3.63) is 47.1 Å². The van der Waals surface area contributed by atoms with Crippen LogP contribution in [0.25, 0.3) is 11.0 Å². The molecule has 9 nitrogen and oxygen atoms in total. The molecule has 0 amide bonds. The summed E-state index contributed by atoms with van der Waals surface area (Å²) < 4.78 is 7.55. The van der Waals surface area contributed by atoms with Crippen molar-refractivity contribution >= 4 is 34.4 Å². The van der Waals surface area contributed by atoms with Gasteiger partial charge in [-0.15, -0.1) is 5.10 Å². The number of nitrogens with zero attached hydrogens (tertiary/aromatic N) is 5. The van der Waals surface area contributed by atoms with Gasteiger partial charge in [-0.25, -0.2) is 15.4 Å². The Morgan fingerprint density at radius 1 is 1.29 bits per heavy atom. The van der Waals surface area contributed by atoms with Crippen LogP contribution >= 0.6 is 11.6 Å². The van der Waals surface area contributed by atoms with Gasteiger partial charge in [-0.05, 0) is 30.7 Å². The number of imidazole rings is 1. The molecule has 10 heteroatoms. The molecule has 28 heavy (non-hydrogen) atoms. The van der Waals surface area contributed by atoms with Crippen molar-refractivity contribution in [1.29, 1.82) is 0 Å². The first-order valence-corrected chi connectivity index (χ1v) is 9.19. The van der Waals surface area contributed by atoms with E-state index < -0.39 is 0 Å². The first-order valence-electron chi connectivity index (χ1n) is 8.81. The summed E-state index contributed by atoms with van der Waals surface area (Å²) in [4.78, 5) is 9.03. The lowest BCUT2D eigenvalue weighted by Crippen LogP contribution is -2.39. The van der Waals surface area contributed by atoms with E-state index in [2.05, 4.69) is 27.3 Å². The van der Waals surface area contributed by atoms with E-state index in [4.69, 9.17) is 28.0 Å². The van der Waals surface area contributed by atoms with Gasteiger partial charge in [-0.3, -0.25) is 5.01 Å². The van der Waals surface area contributed by atoms with Gasteiger partial charge < -0.3 is 15.9 Å². The summed E-state index contributed by atoms with van der Waals surface area (Å²) in [5.41, 5.74) is 1.99. The molecule has 0 spiro atoms. The highest BCUT2D eigenvalue weighted by Gasteiger charge is 2.20. The topological polar surface area (TPSA) is 120 Å². The monoisotopic (exact) mass is 402 g/mol. The van der Waals surface area contributed by atoms with Crippen LogP contribution in [0, 0.1) is 0 Å². The van der Waals surface area contributed by atoms with Crippen molar-refractivity contribution in [1.82, 2.24) is 19.5 Å². The smallest absolute Gasteiger partial charge is 0.305 e. The van der Waals surface area contributed by atoms with E-state index in [1.807, 2.05) is 30.3 Å². The molecule has 3 rings (SSSR count). The SMILES string of the molecule is CCCNc1cccc(COc2nc3c(Cl)cccc3n2/C(=N/N)N(C)N)n1. The van der Waals surface area contributed by atoms with E-state index in [0.29, 0.717) is 16.1 Å². The summed E-state index contributed by atoms with van der Waals surface area (Å²) in [7, 11) is 1.62. The van der Waals surface area contributed by atoms with Gasteiger partial charge >= 0.3 is 6.01 Å². The van der Waals surface area contributed by atoms with Crippen LogP contribution in [-0.4, -0.2) is 39.1 Å². The van der Waals surface area contributed by atoms with Gasteiger partial charge in [0.1, 0.15) is 17.9 Å². The average molecular weight is 403 g/mol. The number of fused-ring (bicyclic) bond motifs is 1. The highest BCUT2D eigenvalue weighted by atomic mass is 35.5. The van der Waals surface area contributed by atoms with Gasteiger partial charge in [-0.2, -0.15) is 4.98 Å². The zero-order valence-corrected chi connectivity index (χ0v) is 16.5. The molecule has 0 aliphatic rings. The maximum absolute atomic E-state index is 6.29. The van der Waals surface area contributed by atoms with E-state index in [0.717, 1.165) is 24.5 Å². The lowest BCUT2D eigenvalue weighted by atomic mass is 10.3. The van der Waals surface area contributed by atoms with Gasteiger partial charge in [0.05, 0.1) is 16.2 Å². The maximum atomic E-state index is 6.29. The summed E-state index contributed by atoms with van der Waals surface area (Å²) >= 11 is 6.29. The average Bonchev–Trinajstić information content (AvgIpc) is 3.05. The van der Waals surface area contributed by atoms with Crippen LogP contribution in [0.15, 0.2) is 41.5 Å². The Kier molecular flexibility index (Phi) is 6.17. The first kappa shape index (κ1) is 19.7. The van der Waals surface area contributed by atoms with Crippen LogP contribution < -0.4 is 21.7 Å². The molecule has 0 radical (unpaired) electrons. The molecule has 0 saturated heterocycles. The number of hydrogen-bond donors (Lipinski definition) is 3. The summed E-state index contributed by atoms with van der Waals surface area (Å²) in [6, 6.07) is 11.4. The van der Waals surface area contributed by atoms with Crippen LogP contribution in [-0.2, 0) is 6.61 Å². The zero-order chi connectivity index (χ0) is 20.1. The fraction of sp³-hybridized carbons (Fsp3) is 0.278. The number of para-hydroxylation sites is 1. The lowest BCUT2D eigenvalue weighted by Gasteiger charge is -2.17. The minimum atomic E-state index is 0.203. The fourth-order valence-corrected chi connectivity index (χ4v) is 2.90. The number of hydrogen-bond acceptors (Lipinski definition) is 7. The molecule has 0 aliphatic carbocycles. The van der Waals surface area contributed by atoms with Crippen molar-refractivity contribution in [3.63, 3.8) is 0 Å². The van der Waals surface area contributed by atoms with Crippen LogP contribution in [0.3, 0.4) is 0 Å². The maximum Gasteiger partial charge on any atom is 0.305 e. The minimum absolute atomic E-state index is 0.203. The van der Waals surface area contributed by atoms with Gasteiger partial charge in [0.25, 0.3) is 0 Å². The second kappa shape index (κ2) is 8.77. The molecule has 0 bridgehead atoms. The molecule has 1 aromatic carbocycles. The standard InChI is InChI=1S/C18H23ClN8O/c1-3-10-22-15-9-4-6-12(23-15)11-28-18-24-16-13(19)7-5-8-14(16)27(18)17(25-20)26(2)21/h4-9H,3,10-11,20-21H2,1-2H3,(H,22,23)/b25-17+. The van der Waals surface area contributed by atoms with E-state index in [-0.39, 0.29) is 18.6 Å².